The topological polar surface area (TPSA) is 81.0 Å². The molecule has 1 aliphatic carbocycles. The number of aromatic carboxylic acids is 1. The zero-order chi connectivity index (χ0) is 26.2. The molecule has 2 aliphatic rings. The molecule has 2 atom stereocenters. The summed E-state index contributed by atoms with van der Waals surface area (Å²) in [6, 6.07) is 22.4. The molecule has 1 aliphatic heterocycles. The predicted octanol–water partition coefficient (Wildman–Crippen LogP) is 7.51. The summed E-state index contributed by atoms with van der Waals surface area (Å²) < 4.78 is 6.25. The largest absolute Gasteiger partial charge is 0.493 e. The molecule has 0 bridgehead atoms. The Bertz CT molecular complexity index is 1530. The molecule has 1 aromatic heterocycles. The van der Waals surface area contributed by atoms with Gasteiger partial charge in [-0.3, -0.25) is 0 Å². The third kappa shape index (κ3) is 4.70. The number of oxime groups is 1. The molecule has 1 fully saturated rings. The van der Waals surface area contributed by atoms with E-state index in [4.69, 9.17) is 32.8 Å². The SMILES string of the molecule is O=C(O)c1ccc2cc(-c3ccc(OCC4C(c5c(Cl)cccc5Cl)=NOC4C4CCC4)cc3)ccc2n1. The summed E-state index contributed by atoms with van der Waals surface area (Å²) in [5.74, 6) is 0.0674. The molecule has 3 aromatic carbocycles. The highest BCUT2D eigenvalue weighted by atomic mass is 35.5. The summed E-state index contributed by atoms with van der Waals surface area (Å²) in [5.41, 5.74) is 4.15. The number of benzene rings is 3. The van der Waals surface area contributed by atoms with E-state index in [0.717, 1.165) is 40.8 Å². The van der Waals surface area contributed by atoms with Crippen molar-refractivity contribution in [1.29, 1.82) is 0 Å². The van der Waals surface area contributed by atoms with E-state index < -0.39 is 5.97 Å². The Labute approximate surface area is 229 Å². The predicted molar refractivity (Wildman–Crippen MR) is 148 cm³/mol. The average Bonchev–Trinajstić information content (AvgIpc) is 3.28. The first-order valence-corrected chi connectivity index (χ1v) is 13.3. The molecule has 6 nitrogen and oxygen atoms in total. The Morgan fingerprint density at radius 3 is 2.39 bits per heavy atom. The minimum absolute atomic E-state index is 0.0315. The number of halogens is 2. The maximum absolute atomic E-state index is 11.2. The van der Waals surface area contributed by atoms with Crippen LogP contribution in [0.5, 0.6) is 5.75 Å². The summed E-state index contributed by atoms with van der Waals surface area (Å²) in [6.45, 7) is 0.397. The number of carbonyl (C=O) groups is 1. The fourth-order valence-electron chi connectivity index (χ4n) is 5.10. The van der Waals surface area contributed by atoms with Gasteiger partial charge < -0.3 is 14.7 Å². The minimum atomic E-state index is -1.04. The number of carboxylic acid groups (broad SMARTS) is 1. The van der Waals surface area contributed by atoms with Gasteiger partial charge in [-0.05, 0) is 72.4 Å². The van der Waals surface area contributed by atoms with Crippen LogP contribution < -0.4 is 4.74 Å². The fourth-order valence-corrected chi connectivity index (χ4v) is 5.69. The summed E-state index contributed by atoms with van der Waals surface area (Å²) in [5, 5.41) is 15.6. The van der Waals surface area contributed by atoms with Gasteiger partial charge in [0, 0.05) is 10.9 Å². The van der Waals surface area contributed by atoms with E-state index in [9.17, 15) is 9.90 Å². The van der Waals surface area contributed by atoms with Gasteiger partial charge in [-0.1, -0.05) is 65.1 Å². The highest BCUT2D eigenvalue weighted by molar-refractivity contribution is 6.40. The first kappa shape index (κ1) is 24.7. The van der Waals surface area contributed by atoms with E-state index in [0.29, 0.717) is 33.7 Å². The Morgan fingerprint density at radius 1 is 0.974 bits per heavy atom. The third-order valence-corrected chi connectivity index (χ3v) is 8.01. The number of ether oxygens (including phenoxy) is 1. The summed E-state index contributed by atoms with van der Waals surface area (Å²) >= 11 is 13.0. The second-order valence-corrected chi connectivity index (χ2v) is 10.5. The van der Waals surface area contributed by atoms with Crippen LogP contribution in [0.25, 0.3) is 22.0 Å². The van der Waals surface area contributed by atoms with Gasteiger partial charge in [-0.2, -0.15) is 0 Å². The molecule has 0 spiro atoms. The molecule has 1 N–H and O–H groups in total. The quantitative estimate of drug-likeness (QED) is 0.259. The van der Waals surface area contributed by atoms with Crippen LogP contribution in [0.15, 0.2) is 78.0 Å². The Hall–Kier alpha value is -3.61. The second kappa shape index (κ2) is 10.3. The Balaban J connectivity index is 1.20. The second-order valence-electron chi connectivity index (χ2n) is 9.69. The standard InChI is InChI=1S/C30H24Cl2N2O4/c31-23-5-2-6-24(32)27(23)28-22(29(38-34-28)18-3-1-4-18)16-37-21-11-7-17(8-12-21)19-9-13-25-20(15-19)10-14-26(33-25)30(35)36/h2,5-15,18,22,29H,1,3-4,16H2,(H,35,36). The van der Waals surface area contributed by atoms with Crippen LogP contribution in [0.1, 0.15) is 35.3 Å². The molecule has 4 aromatic rings. The van der Waals surface area contributed by atoms with Crippen molar-refractivity contribution >= 4 is 45.8 Å². The summed E-state index contributed by atoms with van der Waals surface area (Å²) in [4.78, 5) is 21.3. The van der Waals surface area contributed by atoms with Crippen LogP contribution in [-0.4, -0.2) is 34.5 Å². The number of hydrogen-bond donors (Lipinski definition) is 1. The number of carboxylic acids is 1. The van der Waals surface area contributed by atoms with Gasteiger partial charge in [-0.25, -0.2) is 9.78 Å². The van der Waals surface area contributed by atoms with Gasteiger partial charge in [-0.15, -0.1) is 0 Å². The van der Waals surface area contributed by atoms with E-state index >= 15 is 0 Å². The number of fused-ring (bicyclic) bond motifs is 1. The summed E-state index contributed by atoms with van der Waals surface area (Å²) in [7, 11) is 0. The van der Waals surface area contributed by atoms with Crippen molar-refractivity contribution in [3.8, 4) is 16.9 Å². The molecule has 2 unspecified atom stereocenters. The molecule has 0 saturated heterocycles. The molecule has 6 rings (SSSR count). The van der Waals surface area contributed by atoms with Crippen molar-refractivity contribution in [2.24, 2.45) is 17.0 Å². The molecule has 0 radical (unpaired) electrons. The van der Waals surface area contributed by atoms with Crippen molar-refractivity contribution in [2.75, 3.05) is 6.61 Å². The van der Waals surface area contributed by atoms with Crippen LogP contribution in [0.4, 0.5) is 0 Å². The third-order valence-electron chi connectivity index (χ3n) is 7.38. The van der Waals surface area contributed by atoms with Crippen LogP contribution in [0.2, 0.25) is 10.0 Å². The molecule has 192 valence electrons. The minimum Gasteiger partial charge on any atom is -0.493 e. The van der Waals surface area contributed by atoms with Crippen molar-refractivity contribution < 1.29 is 19.5 Å². The maximum atomic E-state index is 11.2. The van der Waals surface area contributed by atoms with E-state index in [1.807, 2.05) is 60.7 Å². The Morgan fingerprint density at radius 2 is 1.71 bits per heavy atom. The molecular formula is C30H24Cl2N2O4. The van der Waals surface area contributed by atoms with Crippen LogP contribution in [0, 0.1) is 11.8 Å². The van der Waals surface area contributed by atoms with Gasteiger partial charge >= 0.3 is 5.97 Å². The van der Waals surface area contributed by atoms with Crippen LogP contribution in [-0.2, 0) is 4.84 Å². The summed E-state index contributed by atoms with van der Waals surface area (Å²) in [6.07, 6.45) is 3.38. The molecule has 2 heterocycles. The van der Waals surface area contributed by atoms with Crippen LogP contribution >= 0.6 is 23.2 Å². The maximum Gasteiger partial charge on any atom is 0.354 e. The van der Waals surface area contributed by atoms with Crippen molar-refractivity contribution in [2.45, 2.75) is 25.4 Å². The Kier molecular flexibility index (Phi) is 6.68. The molecule has 38 heavy (non-hydrogen) atoms. The van der Waals surface area contributed by atoms with E-state index in [-0.39, 0.29) is 17.7 Å². The molecular weight excluding hydrogens is 523 g/mol. The number of rotatable bonds is 7. The van der Waals surface area contributed by atoms with Crippen molar-refractivity contribution in [1.82, 2.24) is 4.98 Å². The number of pyridine rings is 1. The van der Waals surface area contributed by atoms with Crippen molar-refractivity contribution in [3.63, 3.8) is 0 Å². The van der Waals surface area contributed by atoms with Gasteiger partial charge in [0.2, 0.25) is 0 Å². The number of hydrogen-bond acceptors (Lipinski definition) is 5. The molecule has 0 amide bonds. The van der Waals surface area contributed by atoms with E-state index in [2.05, 4.69) is 10.1 Å². The lowest BCUT2D eigenvalue weighted by Crippen LogP contribution is -2.38. The van der Waals surface area contributed by atoms with E-state index in [1.54, 1.807) is 6.07 Å². The normalized spacial score (nSPS) is 19.1. The number of aromatic nitrogens is 1. The van der Waals surface area contributed by atoms with E-state index in [1.165, 1.54) is 12.5 Å². The van der Waals surface area contributed by atoms with Gasteiger partial charge in [0.1, 0.15) is 29.9 Å². The zero-order valence-corrected chi connectivity index (χ0v) is 21.8. The number of nitrogens with zero attached hydrogens (tertiary/aromatic N) is 2. The molecule has 8 heteroatoms. The highest BCUT2D eigenvalue weighted by Gasteiger charge is 2.43. The average molecular weight is 547 g/mol. The van der Waals surface area contributed by atoms with Crippen molar-refractivity contribution in [3.05, 3.63) is 94.1 Å². The van der Waals surface area contributed by atoms with Crippen LogP contribution in [0.3, 0.4) is 0 Å². The lowest BCUT2D eigenvalue weighted by molar-refractivity contribution is -0.0186. The fraction of sp³-hybridized carbons (Fsp3) is 0.233. The van der Waals surface area contributed by atoms with Gasteiger partial charge in [0.15, 0.2) is 0 Å². The first-order chi connectivity index (χ1) is 18.5. The zero-order valence-electron chi connectivity index (χ0n) is 20.3. The lowest BCUT2D eigenvalue weighted by Gasteiger charge is -2.33. The lowest BCUT2D eigenvalue weighted by atomic mass is 9.75. The smallest absolute Gasteiger partial charge is 0.354 e. The monoisotopic (exact) mass is 546 g/mol. The first-order valence-electron chi connectivity index (χ1n) is 12.5. The highest BCUT2D eigenvalue weighted by Crippen LogP contribution is 2.41. The van der Waals surface area contributed by atoms with Gasteiger partial charge in [0.05, 0.1) is 21.5 Å². The molecule has 1 saturated carbocycles. The van der Waals surface area contributed by atoms with Gasteiger partial charge in [0.25, 0.3) is 0 Å².